The van der Waals surface area contributed by atoms with E-state index in [0.717, 1.165) is 6.42 Å². The van der Waals surface area contributed by atoms with E-state index in [1.807, 2.05) is 0 Å². The minimum absolute atomic E-state index is 0.0481. The average Bonchev–Trinajstić information content (AvgIpc) is 2.70. The van der Waals surface area contributed by atoms with E-state index in [9.17, 15) is 9.90 Å². The van der Waals surface area contributed by atoms with Crippen LogP contribution in [0, 0.1) is 0 Å². The van der Waals surface area contributed by atoms with Crippen LogP contribution in [0.2, 0.25) is 0 Å². The van der Waals surface area contributed by atoms with Crippen molar-refractivity contribution < 1.29 is 9.90 Å². The molecule has 160 valence electrons. The molecule has 1 aromatic rings. The third kappa shape index (κ3) is 12.8. The van der Waals surface area contributed by atoms with Gasteiger partial charge in [-0.1, -0.05) is 115 Å². The van der Waals surface area contributed by atoms with Gasteiger partial charge in [-0.3, -0.25) is 4.79 Å². The Balaban J connectivity index is 1.80. The van der Waals surface area contributed by atoms with Crippen LogP contribution in [0.1, 0.15) is 120 Å². The van der Waals surface area contributed by atoms with Gasteiger partial charge in [0.05, 0.1) is 5.56 Å². The van der Waals surface area contributed by atoms with Gasteiger partial charge in [0, 0.05) is 6.54 Å². The summed E-state index contributed by atoms with van der Waals surface area (Å²) in [6, 6.07) is 6.69. The molecule has 1 amide bonds. The van der Waals surface area contributed by atoms with Crippen LogP contribution >= 0.6 is 0 Å². The molecule has 0 aliphatic rings. The minimum atomic E-state index is -0.181. The van der Waals surface area contributed by atoms with Gasteiger partial charge in [-0.2, -0.15) is 0 Å². The van der Waals surface area contributed by atoms with Crippen molar-refractivity contribution in [2.75, 3.05) is 6.54 Å². The summed E-state index contributed by atoms with van der Waals surface area (Å²) in [6.07, 6.45) is 21.6. The minimum Gasteiger partial charge on any atom is -0.507 e. The summed E-state index contributed by atoms with van der Waals surface area (Å²) in [5.41, 5.74) is 0.360. The number of hydrogen-bond donors (Lipinski definition) is 2. The van der Waals surface area contributed by atoms with E-state index >= 15 is 0 Å². The molecule has 0 saturated carbocycles. The zero-order valence-electron chi connectivity index (χ0n) is 18.2. The maximum atomic E-state index is 12.0. The molecule has 0 aliphatic carbocycles. The first-order chi connectivity index (χ1) is 13.8. The summed E-state index contributed by atoms with van der Waals surface area (Å²) < 4.78 is 0. The highest BCUT2D eigenvalue weighted by Gasteiger charge is 2.08. The standard InChI is InChI=1S/C25H43NO2/c1-2-3-4-5-6-7-8-9-10-11-12-13-14-15-16-19-22-26-25(28)23-20-17-18-21-24(23)27/h17-18,20-21,27H,2-16,19,22H2,1H3,(H,26,28). The fourth-order valence-electron chi connectivity index (χ4n) is 3.64. The van der Waals surface area contributed by atoms with Gasteiger partial charge in [0.2, 0.25) is 0 Å². The largest absolute Gasteiger partial charge is 0.507 e. The van der Waals surface area contributed by atoms with Gasteiger partial charge in [-0.05, 0) is 18.6 Å². The highest BCUT2D eigenvalue weighted by atomic mass is 16.3. The molecule has 0 aliphatic heterocycles. The van der Waals surface area contributed by atoms with Crippen LogP contribution in [0.3, 0.4) is 0 Å². The van der Waals surface area contributed by atoms with Gasteiger partial charge in [0.1, 0.15) is 5.75 Å². The van der Waals surface area contributed by atoms with Crippen LogP contribution in [0.5, 0.6) is 5.75 Å². The summed E-state index contributed by atoms with van der Waals surface area (Å²) >= 11 is 0. The van der Waals surface area contributed by atoms with Crippen molar-refractivity contribution in [2.45, 2.75) is 110 Å². The predicted molar refractivity (Wildman–Crippen MR) is 120 cm³/mol. The van der Waals surface area contributed by atoms with Crippen molar-refractivity contribution in [3.05, 3.63) is 29.8 Å². The molecule has 3 heteroatoms. The van der Waals surface area contributed by atoms with Gasteiger partial charge in [0.15, 0.2) is 0 Å². The molecule has 0 bridgehead atoms. The Hall–Kier alpha value is -1.51. The normalized spacial score (nSPS) is 10.9. The highest BCUT2D eigenvalue weighted by Crippen LogP contribution is 2.15. The van der Waals surface area contributed by atoms with Crippen LogP contribution in [0.25, 0.3) is 0 Å². The van der Waals surface area contributed by atoms with E-state index in [0.29, 0.717) is 12.1 Å². The number of nitrogens with one attached hydrogen (secondary N) is 1. The van der Waals surface area contributed by atoms with Gasteiger partial charge in [0.25, 0.3) is 5.91 Å². The lowest BCUT2D eigenvalue weighted by Gasteiger charge is -2.07. The molecular weight excluding hydrogens is 346 g/mol. The van der Waals surface area contributed by atoms with Crippen LogP contribution in [0.4, 0.5) is 0 Å². The van der Waals surface area contributed by atoms with Crippen molar-refractivity contribution >= 4 is 5.91 Å². The fraction of sp³-hybridized carbons (Fsp3) is 0.720. The Bertz CT molecular complexity index is 501. The zero-order valence-corrected chi connectivity index (χ0v) is 18.2. The summed E-state index contributed by atoms with van der Waals surface area (Å²) in [6.45, 7) is 2.96. The van der Waals surface area contributed by atoms with Crippen molar-refractivity contribution in [3.8, 4) is 5.75 Å². The van der Waals surface area contributed by atoms with Gasteiger partial charge in [-0.25, -0.2) is 0 Å². The molecule has 0 fully saturated rings. The molecule has 2 N–H and O–H groups in total. The maximum Gasteiger partial charge on any atom is 0.255 e. The molecule has 0 aromatic heterocycles. The number of rotatable bonds is 18. The van der Waals surface area contributed by atoms with Crippen LogP contribution in [-0.2, 0) is 0 Å². The number of benzene rings is 1. The zero-order chi connectivity index (χ0) is 20.3. The maximum absolute atomic E-state index is 12.0. The molecule has 0 saturated heterocycles. The van der Waals surface area contributed by atoms with E-state index in [1.54, 1.807) is 24.3 Å². The van der Waals surface area contributed by atoms with Crippen LogP contribution < -0.4 is 5.32 Å². The van der Waals surface area contributed by atoms with Gasteiger partial charge < -0.3 is 10.4 Å². The molecule has 1 aromatic carbocycles. The van der Waals surface area contributed by atoms with E-state index in [4.69, 9.17) is 0 Å². The Morgan fingerprint density at radius 3 is 1.61 bits per heavy atom. The molecule has 28 heavy (non-hydrogen) atoms. The second-order valence-corrected chi connectivity index (χ2v) is 8.08. The first kappa shape index (κ1) is 24.5. The second kappa shape index (κ2) is 17.6. The SMILES string of the molecule is CCCCCCCCCCCCCCCCCCNC(=O)c1ccccc1O. The number of carbonyl (C=O) groups excluding carboxylic acids is 1. The Morgan fingerprint density at radius 2 is 1.14 bits per heavy atom. The number of carbonyl (C=O) groups is 1. The fourth-order valence-corrected chi connectivity index (χ4v) is 3.64. The lowest BCUT2D eigenvalue weighted by Crippen LogP contribution is -2.24. The van der Waals surface area contributed by atoms with Crippen molar-refractivity contribution in [2.24, 2.45) is 0 Å². The summed E-state index contributed by atoms with van der Waals surface area (Å²) in [7, 11) is 0. The summed E-state index contributed by atoms with van der Waals surface area (Å²) in [5.74, 6) is -0.133. The second-order valence-electron chi connectivity index (χ2n) is 8.08. The van der Waals surface area contributed by atoms with E-state index in [-0.39, 0.29) is 11.7 Å². The molecule has 1 rings (SSSR count). The lowest BCUT2D eigenvalue weighted by molar-refractivity contribution is 0.0950. The van der Waals surface area contributed by atoms with Crippen molar-refractivity contribution in [1.29, 1.82) is 0 Å². The molecule has 3 nitrogen and oxygen atoms in total. The quantitative estimate of drug-likeness (QED) is 0.257. The number of hydrogen-bond acceptors (Lipinski definition) is 2. The number of phenolic OH excluding ortho intramolecular Hbond substituents is 1. The van der Waals surface area contributed by atoms with E-state index in [2.05, 4.69) is 12.2 Å². The molecule has 0 atom stereocenters. The molecule has 0 radical (unpaired) electrons. The number of amides is 1. The number of para-hydroxylation sites is 1. The van der Waals surface area contributed by atoms with Crippen LogP contribution in [-0.4, -0.2) is 17.6 Å². The Morgan fingerprint density at radius 1 is 0.714 bits per heavy atom. The topological polar surface area (TPSA) is 49.3 Å². The van der Waals surface area contributed by atoms with Crippen molar-refractivity contribution in [3.63, 3.8) is 0 Å². The molecule has 0 spiro atoms. The predicted octanol–water partition coefficient (Wildman–Crippen LogP) is 7.38. The van der Waals surface area contributed by atoms with Gasteiger partial charge in [-0.15, -0.1) is 0 Å². The lowest BCUT2D eigenvalue weighted by atomic mass is 10.0. The number of aromatic hydroxyl groups is 1. The Kier molecular flexibility index (Phi) is 15.4. The first-order valence-corrected chi connectivity index (χ1v) is 11.8. The molecule has 0 unspecified atom stereocenters. The molecular formula is C25H43NO2. The van der Waals surface area contributed by atoms with E-state index in [1.165, 1.54) is 96.3 Å². The monoisotopic (exact) mass is 389 g/mol. The van der Waals surface area contributed by atoms with Crippen molar-refractivity contribution in [1.82, 2.24) is 5.32 Å². The van der Waals surface area contributed by atoms with Gasteiger partial charge >= 0.3 is 0 Å². The summed E-state index contributed by atoms with van der Waals surface area (Å²) in [4.78, 5) is 12.0. The third-order valence-electron chi connectivity index (χ3n) is 5.46. The third-order valence-corrected chi connectivity index (χ3v) is 5.46. The summed E-state index contributed by atoms with van der Waals surface area (Å²) in [5, 5.41) is 12.6. The number of unbranched alkanes of at least 4 members (excludes halogenated alkanes) is 15. The van der Waals surface area contributed by atoms with E-state index < -0.39 is 0 Å². The van der Waals surface area contributed by atoms with Crippen LogP contribution in [0.15, 0.2) is 24.3 Å². The molecule has 0 heterocycles. The number of phenols is 1. The highest BCUT2D eigenvalue weighted by molar-refractivity contribution is 5.96. The smallest absolute Gasteiger partial charge is 0.255 e. The average molecular weight is 390 g/mol. The first-order valence-electron chi connectivity index (χ1n) is 11.8. The Labute approximate surface area is 173 Å².